The molecule has 2 fully saturated rings. The lowest BCUT2D eigenvalue weighted by Crippen LogP contribution is -2.42. The van der Waals surface area contributed by atoms with E-state index < -0.39 is 9.84 Å². The molecule has 2 heterocycles. The molecule has 1 amide bonds. The van der Waals surface area contributed by atoms with Crippen molar-refractivity contribution in [1.82, 2.24) is 9.88 Å². The first-order chi connectivity index (χ1) is 11.1. The van der Waals surface area contributed by atoms with Gasteiger partial charge >= 0.3 is 0 Å². The Labute approximate surface area is 141 Å². The Morgan fingerprint density at radius 2 is 2.09 bits per heavy atom. The molecule has 5 nitrogen and oxygen atoms in total. The van der Waals surface area contributed by atoms with E-state index in [2.05, 4.69) is 4.98 Å². The lowest BCUT2D eigenvalue weighted by Gasteiger charge is -2.28. The summed E-state index contributed by atoms with van der Waals surface area (Å²) < 4.78 is 23.4. The highest BCUT2D eigenvalue weighted by atomic mass is 32.2. The molecule has 1 aliphatic heterocycles. The van der Waals surface area contributed by atoms with Gasteiger partial charge in [0.1, 0.15) is 0 Å². The molecule has 2 aliphatic rings. The van der Waals surface area contributed by atoms with Crippen molar-refractivity contribution in [2.75, 3.05) is 17.3 Å². The quantitative estimate of drug-likeness (QED) is 0.700. The van der Waals surface area contributed by atoms with E-state index in [4.69, 9.17) is 0 Å². The molecule has 0 aromatic carbocycles. The third-order valence-electron chi connectivity index (χ3n) is 4.27. The number of pyridine rings is 1. The van der Waals surface area contributed by atoms with Gasteiger partial charge in [-0.2, -0.15) is 11.8 Å². The smallest absolute Gasteiger partial charge is 0.223 e. The Morgan fingerprint density at radius 1 is 1.26 bits per heavy atom. The topological polar surface area (TPSA) is 67.3 Å². The van der Waals surface area contributed by atoms with Crippen molar-refractivity contribution in [2.24, 2.45) is 0 Å². The van der Waals surface area contributed by atoms with E-state index in [1.165, 1.54) is 0 Å². The highest BCUT2D eigenvalue weighted by Gasteiger charge is 2.41. The summed E-state index contributed by atoms with van der Waals surface area (Å²) in [6.07, 6.45) is 4.89. The van der Waals surface area contributed by atoms with Gasteiger partial charge in [-0.15, -0.1) is 0 Å². The number of aromatic nitrogens is 1. The Balaban J connectivity index is 1.47. The molecule has 0 spiro atoms. The largest absolute Gasteiger partial charge is 0.336 e. The second-order valence-corrected chi connectivity index (χ2v) is 9.55. The van der Waals surface area contributed by atoms with Crippen molar-refractivity contribution in [3.63, 3.8) is 0 Å². The molecule has 1 aromatic heterocycles. The van der Waals surface area contributed by atoms with E-state index in [9.17, 15) is 13.2 Å². The molecule has 126 valence electrons. The number of hydrogen-bond acceptors (Lipinski definition) is 5. The summed E-state index contributed by atoms with van der Waals surface area (Å²) in [4.78, 5) is 18.7. The van der Waals surface area contributed by atoms with Crippen molar-refractivity contribution >= 4 is 27.5 Å². The maximum atomic E-state index is 12.5. The molecule has 7 heteroatoms. The fraction of sp³-hybridized carbons (Fsp3) is 0.625. The van der Waals surface area contributed by atoms with Crippen LogP contribution in [0.15, 0.2) is 24.4 Å². The SMILES string of the molecule is O=C(CCSCc1ccccn1)N(C1CC1)C1CCS(=O)(=O)C1. The first kappa shape index (κ1) is 16.8. The van der Waals surface area contributed by atoms with E-state index >= 15 is 0 Å². The molecule has 1 unspecified atom stereocenters. The summed E-state index contributed by atoms with van der Waals surface area (Å²) >= 11 is 1.70. The molecule has 0 radical (unpaired) electrons. The second kappa shape index (κ2) is 7.21. The van der Waals surface area contributed by atoms with Gasteiger partial charge in [0.15, 0.2) is 9.84 Å². The van der Waals surface area contributed by atoms with Gasteiger partial charge in [0.25, 0.3) is 0 Å². The monoisotopic (exact) mass is 354 g/mol. The van der Waals surface area contributed by atoms with Crippen molar-refractivity contribution in [3.8, 4) is 0 Å². The average molecular weight is 354 g/mol. The van der Waals surface area contributed by atoms with E-state index in [1.54, 1.807) is 18.0 Å². The number of thioether (sulfide) groups is 1. The fourth-order valence-corrected chi connectivity index (χ4v) is 5.56. The summed E-state index contributed by atoms with van der Waals surface area (Å²) in [5, 5.41) is 0. The van der Waals surface area contributed by atoms with Gasteiger partial charge < -0.3 is 4.90 Å². The highest BCUT2D eigenvalue weighted by Crippen LogP contribution is 2.33. The minimum absolute atomic E-state index is 0.0965. The molecule has 23 heavy (non-hydrogen) atoms. The summed E-state index contributed by atoms with van der Waals surface area (Å²) in [6.45, 7) is 0. The molecule has 1 aromatic rings. The number of hydrogen-bond donors (Lipinski definition) is 0. The maximum absolute atomic E-state index is 12.5. The summed E-state index contributed by atoms with van der Waals surface area (Å²) in [7, 11) is -2.95. The number of nitrogens with zero attached hydrogens (tertiary/aromatic N) is 2. The standard InChI is InChI=1S/C16H22N2O3S2/c19-16(6-9-22-11-13-3-1-2-8-17-13)18(14-4-5-14)15-7-10-23(20,21)12-15/h1-3,8,14-15H,4-7,9-12H2. The normalized spacial score (nSPS) is 22.9. The predicted octanol–water partition coefficient (Wildman–Crippen LogP) is 1.88. The average Bonchev–Trinajstić information content (AvgIpc) is 3.29. The Hall–Kier alpha value is -1.08. The molecule has 1 saturated heterocycles. The first-order valence-corrected chi connectivity index (χ1v) is 11.0. The predicted molar refractivity (Wildman–Crippen MR) is 91.9 cm³/mol. The molecular weight excluding hydrogens is 332 g/mol. The fourth-order valence-electron chi connectivity index (χ4n) is 3.00. The lowest BCUT2D eigenvalue weighted by atomic mass is 10.2. The van der Waals surface area contributed by atoms with Gasteiger partial charge in [0, 0.05) is 36.2 Å². The van der Waals surface area contributed by atoms with Crippen LogP contribution in [0.3, 0.4) is 0 Å². The Kier molecular flexibility index (Phi) is 5.26. The minimum Gasteiger partial charge on any atom is -0.336 e. The van der Waals surface area contributed by atoms with Crippen LogP contribution in [0.1, 0.15) is 31.4 Å². The van der Waals surface area contributed by atoms with Crippen molar-refractivity contribution in [2.45, 2.75) is 43.5 Å². The molecular formula is C16H22N2O3S2. The highest BCUT2D eigenvalue weighted by molar-refractivity contribution is 7.98. The van der Waals surface area contributed by atoms with E-state index in [0.717, 1.165) is 30.0 Å². The van der Waals surface area contributed by atoms with Gasteiger partial charge in [-0.1, -0.05) is 6.07 Å². The maximum Gasteiger partial charge on any atom is 0.223 e. The summed E-state index contributed by atoms with van der Waals surface area (Å²) in [5.74, 6) is 2.04. The van der Waals surface area contributed by atoms with Gasteiger partial charge in [-0.05, 0) is 31.4 Å². The van der Waals surface area contributed by atoms with Crippen molar-refractivity contribution < 1.29 is 13.2 Å². The molecule has 0 N–H and O–H groups in total. The summed E-state index contributed by atoms with van der Waals surface area (Å²) in [5.41, 5.74) is 1.02. The molecule has 1 atom stereocenters. The molecule has 0 bridgehead atoms. The number of carbonyl (C=O) groups excluding carboxylic acids is 1. The van der Waals surface area contributed by atoms with Crippen molar-refractivity contribution in [1.29, 1.82) is 0 Å². The van der Waals surface area contributed by atoms with Crippen LogP contribution in [0.5, 0.6) is 0 Å². The molecule has 1 saturated carbocycles. The van der Waals surface area contributed by atoms with Crippen LogP contribution in [0.25, 0.3) is 0 Å². The molecule has 3 rings (SSSR count). The van der Waals surface area contributed by atoms with Crippen LogP contribution in [-0.2, 0) is 20.4 Å². The second-order valence-electron chi connectivity index (χ2n) is 6.21. The molecule has 1 aliphatic carbocycles. The van der Waals surface area contributed by atoms with Crippen LogP contribution in [0.2, 0.25) is 0 Å². The van der Waals surface area contributed by atoms with Crippen LogP contribution in [0.4, 0.5) is 0 Å². The van der Waals surface area contributed by atoms with Gasteiger partial charge in [-0.3, -0.25) is 9.78 Å². The Bertz CT molecular complexity index is 645. The van der Waals surface area contributed by atoms with Crippen LogP contribution in [-0.4, -0.2) is 53.6 Å². The van der Waals surface area contributed by atoms with E-state index in [1.807, 2.05) is 23.1 Å². The van der Waals surface area contributed by atoms with Gasteiger partial charge in [-0.25, -0.2) is 8.42 Å². The zero-order chi connectivity index (χ0) is 16.3. The zero-order valence-electron chi connectivity index (χ0n) is 13.1. The van der Waals surface area contributed by atoms with Crippen LogP contribution >= 0.6 is 11.8 Å². The van der Waals surface area contributed by atoms with Gasteiger partial charge in [0.2, 0.25) is 5.91 Å². The van der Waals surface area contributed by atoms with E-state index in [-0.39, 0.29) is 29.5 Å². The van der Waals surface area contributed by atoms with E-state index in [0.29, 0.717) is 12.8 Å². The van der Waals surface area contributed by atoms with Crippen LogP contribution < -0.4 is 0 Å². The number of amides is 1. The number of carbonyl (C=O) groups is 1. The van der Waals surface area contributed by atoms with Crippen LogP contribution in [0, 0.1) is 0 Å². The minimum atomic E-state index is -2.95. The number of rotatable bonds is 7. The zero-order valence-corrected chi connectivity index (χ0v) is 14.7. The Morgan fingerprint density at radius 3 is 2.70 bits per heavy atom. The lowest BCUT2D eigenvalue weighted by molar-refractivity contribution is -0.133. The van der Waals surface area contributed by atoms with Gasteiger partial charge in [0.05, 0.1) is 17.2 Å². The third-order valence-corrected chi connectivity index (χ3v) is 7.01. The number of sulfone groups is 1. The third kappa shape index (κ3) is 4.70. The van der Waals surface area contributed by atoms with Crippen molar-refractivity contribution in [3.05, 3.63) is 30.1 Å². The summed E-state index contributed by atoms with van der Waals surface area (Å²) in [6, 6.07) is 6.02. The first-order valence-electron chi connectivity index (χ1n) is 8.04.